The van der Waals surface area contributed by atoms with Crippen molar-refractivity contribution in [3.8, 4) is 5.88 Å². The van der Waals surface area contributed by atoms with E-state index >= 15 is 0 Å². The molecule has 0 saturated heterocycles. The first kappa shape index (κ1) is 12.2. The molecule has 2 rings (SSSR count). The van der Waals surface area contributed by atoms with E-state index in [9.17, 15) is 0 Å². The number of ether oxygens (including phenoxy) is 1. The van der Waals surface area contributed by atoms with E-state index in [1.807, 2.05) is 26.0 Å². The molecule has 0 aliphatic carbocycles. The van der Waals surface area contributed by atoms with E-state index in [0.717, 1.165) is 11.4 Å². The third-order valence-corrected chi connectivity index (χ3v) is 2.18. The highest BCUT2D eigenvalue weighted by molar-refractivity contribution is 5.31. The minimum Gasteiger partial charge on any atom is -0.478 e. The van der Waals surface area contributed by atoms with Crippen LogP contribution in [0, 0.1) is 6.92 Å². The van der Waals surface area contributed by atoms with Gasteiger partial charge in [0.05, 0.1) is 18.8 Å². The van der Waals surface area contributed by atoms with Crippen LogP contribution in [-0.2, 0) is 6.54 Å². The van der Waals surface area contributed by atoms with E-state index in [1.165, 1.54) is 0 Å². The normalized spacial score (nSPS) is 10.1. The number of aryl methyl sites for hydroxylation is 1. The highest BCUT2D eigenvalue weighted by Gasteiger charge is 2.03. The summed E-state index contributed by atoms with van der Waals surface area (Å²) in [5.41, 5.74) is 1.69. The molecule has 0 radical (unpaired) electrons. The summed E-state index contributed by atoms with van der Waals surface area (Å²) in [6.45, 7) is 4.94. The van der Waals surface area contributed by atoms with Crippen molar-refractivity contribution < 1.29 is 4.74 Å². The maximum Gasteiger partial charge on any atom is 0.226 e. The van der Waals surface area contributed by atoms with Gasteiger partial charge in [-0.3, -0.25) is 0 Å². The zero-order valence-corrected chi connectivity index (χ0v) is 10.4. The van der Waals surface area contributed by atoms with Crippen molar-refractivity contribution in [3.05, 3.63) is 35.8 Å². The molecule has 0 unspecified atom stereocenters. The van der Waals surface area contributed by atoms with Crippen LogP contribution in [0.4, 0.5) is 5.95 Å². The minimum atomic E-state index is 0.531. The van der Waals surface area contributed by atoms with Gasteiger partial charge in [-0.2, -0.15) is 15.2 Å². The van der Waals surface area contributed by atoms with Crippen molar-refractivity contribution in [2.75, 3.05) is 11.9 Å². The Morgan fingerprint density at radius 3 is 2.94 bits per heavy atom. The van der Waals surface area contributed by atoms with E-state index in [-0.39, 0.29) is 0 Å². The average molecular weight is 245 g/mol. The molecule has 0 fully saturated rings. The predicted molar refractivity (Wildman–Crippen MR) is 67.3 cm³/mol. The van der Waals surface area contributed by atoms with Crippen LogP contribution in [-0.4, -0.2) is 26.8 Å². The molecule has 2 heterocycles. The number of hydrogen-bond donors (Lipinski definition) is 1. The first-order chi connectivity index (χ1) is 8.78. The van der Waals surface area contributed by atoms with Crippen molar-refractivity contribution in [2.45, 2.75) is 20.4 Å². The highest BCUT2D eigenvalue weighted by Crippen LogP contribution is 2.12. The second-order valence-electron chi connectivity index (χ2n) is 3.67. The van der Waals surface area contributed by atoms with E-state index in [1.54, 1.807) is 12.3 Å². The van der Waals surface area contributed by atoms with Gasteiger partial charge in [-0.1, -0.05) is 0 Å². The Hall–Kier alpha value is -2.24. The maximum absolute atomic E-state index is 5.36. The van der Waals surface area contributed by atoms with E-state index in [2.05, 4.69) is 25.5 Å². The topological polar surface area (TPSA) is 72.8 Å². The SMILES string of the molecule is CCOc1cc(C)nc(NCc2cccnn2)n1. The van der Waals surface area contributed by atoms with Gasteiger partial charge >= 0.3 is 0 Å². The van der Waals surface area contributed by atoms with Crippen molar-refractivity contribution in [3.63, 3.8) is 0 Å². The zero-order valence-electron chi connectivity index (χ0n) is 10.4. The van der Waals surface area contributed by atoms with Gasteiger partial charge in [-0.15, -0.1) is 0 Å². The smallest absolute Gasteiger partial charge is 0.226 e. The molecule has 6 heteroatoms. The molecule has 0 aliphatic rings. The molecule has 1 N–H and O–H groups in total. The molecule has 6 nitrogen and oxygen atoms in total. The lowest BCUT2D eigenvalue weighted by molar-refractivity contribution is 0.326. The van der Waals surface area contributed by atoms with Crippen LogP contribution >= 0.6 is 0 Å². The molecular weight excluding hydrogens is 230 g/mol. The third kappa shape index (κ3) is 3.38. The summed E-state index contributed by atoms with van der Waals surface area (Å²) in [4.78, 5) is 8.53. The average Bonchev–Trinajstić information content (AvgIpc) is 2.37. The molecule has 2 aromatic heterocycles. The standard InChI is InChI=1S/C12H15N5O/c1-3-18-11-7-9(2)15-12(16-11)13-8-10-5-4-6-14-17-10/h4-7H,3,8H2,1-2H3,(H,13,15,16). The van der Waals surface area contributed by atoms with Crippen LogP contribution in [0.25, 0.3) is 0 Å². The summed E-state index contributed by atoms with van der Waals surface area (Å²) in [7, 11) is 0. The maximum atomic E-state index is 5.36. The second-order valence-corrected chi connectivity index (χ2v) is 3.67. The molecule has 94 valence electrons. The lowest BCUT2D eigenvalue weighted by Gasteiger charge is -2.07. The van der Waals surface area contributed by atoms with Crippen molar-refractivity contribution in [1.82, 2.24) is 20.2 Å². The fourth-order valence-corrected chi connectivity index (χ4v) is 1.44. The van der Waals surface area contributed by atoms with E-state index < -0.39 is 0 Å². The number of nitrogens with one attached hydrogen (secondary N) is 1. The molecule has 0 aromatic carbocycles. The summed E-state index contributed by atoms with van der Waals surface area (Å²) in [5, 5.41) is 10.9. The van der Waals surface area contributed by atoms with E-state index in [4.69, 9.17) is 4.74 Å². The van der Waals surface area contributed by atoms with E-state index in [0.29, 0.717) is 25.0 Å². The molecule has 0 spiro atoms. The number of nitrogens with zero attached hydrogens (tertiary/aromatic N) is 4. The monoisotopic (exact) mass is 245 g/mol. The van der Waals surface area contributed by atoms with Gasteiger partial charge in [0.25, 0.3) is 0 Å². The van der Waals surface area contributed by atoms with Crippen molar-refractivity contribution in [1.29, 1.82) is 0 Å². The molecular formula is C12H15N5O. The molecule has 0 aliphatic heterocycles. The second kappa shape index (κ2) is 5.90. The fourth-order valence-electron chi connectivity index (χ4n) is 1.44. The molecule has 0 saturated carbocycles. The van der Waals surface area contributed by atoms with Crippen LogP contribution < -0.4 is 10.1 Å². The largest absolute Gasteiger partial charge is 0.478 e. The molecule has 0 bridgehead atoms. The molecule has 2 aromatic rings. The number of rotatable bonds is 5. The van der Waals surface area contributed by atoms with Gasteiger partial charge in [-0.05, 0) is 26.0 Å². The quantitative estimate of drug-likeness (QED) is 0.862. The Morgan fingerprint density at radius 2 is 2.22 bits per heavy atom. The van der Waals surface area contributed by atoms with Gasteiger partial charge < -0.3 is 10.1 Å². The highest BCUT2D eigenvalue weighted by atomic mass is 16.5. The Balaban J connectivity index is 2.05. The van der Waals surface area contributed by atoms with Gasteiger partial charge in [0, 0.05) is 18.0 Å². The third-order valence-electron chi connectivity index (χ3n) is 2.18. The summed E-state index contributed by atoms with van der Waals surface area (Å²) < 4.78 is 5.36. The molecule has 0 atom stereocenters. The lowest BCUT2D eigenvalue weighted by atomic mass is 10.4. The number of anilines is 1. The first-order valence-electron chi connectivity index (χ1n) is 5.77. The lowest BCUT2D eigenvalue weighted by Crippen LogP contribution is -2.07. The first-order valence-corrected chi connectivity index (χ1v) is 5.77. The Bertz CT molecular complexity index is 503. The van der Waals surface area contributed by atoms with Crippen LogP contribution in [0.3, 0.4) is 0 Å². The molecule has 0 amide bonds. The summed E-state index contributed by atoms with van der Waals surface area (Å²) >= 11 is 0. The summed E-state index contributed by atoms with van der Waals surface area (Å²) in [5.74, 6) is 1.11. The summed E-state index contributed by atoms with van der Waals surface area (Å²) in [6, 6.07) is 5.53. The van der Waals surface area contributed by atoms with Gasteiger partial charge in [0.1, 0.15) is 0 Å². The fraction of sp³-hybridized carbons (Fsp3) is 0.333. The minimum absolute atomic E-state index is 0.531. The Kier molecular flexibility index (Phi) is 4.01. The summed E-state index contributed by atoms with van der Waals surface area (Å²) in [6.07, 6.45) is 1.64. The van der Waals surface area contributed by atoms with Crippen molar-refractivity contribution >= 4 is 5.95 Å². The van der Waals surface area contributed by atoms with Gasteiger partial charge in [-0.25, -0.2) is 4.98 Å². The molecule has 18 heavy (non-hydrogen) atoms. The van der Waals surface area contributed by atoms with Crippen LogP contribution in [0.2, 0.25) is 0 Å². The van der Waals surface area contributed by atoms with Crippen LogP contribution in [0.1, 0.15) is 18.3 Å². The number of aromatic nitrogens is 4. The Labute approximate surface area is 105 Å². The van der Waals surface area contributed by atoms with Crippen LogP contribution in [0.15, 0.2) is 24.4 Å². The Morgan fingerprint density at radius 1 is 1.33 bits per heavy atom. The van der Waals surface area contributed by atoms with Crippen LogP contribution in [0.5, 0.6) is 5.88 Å². The zero-order chi connectivity index (χ0) is 12.8. The number of hydrogen-bond acceptors (Lipinski definition) is 6. The predicted octanol–water partition coefficient (Wildman–Crippen LogP) is 1.59. The van der Waals surface area contributed by atoms with Gasteiger partial charge in [0.15, 0.2) is 0 Å². The van der Waals surface area contributed by atoms with Gasteiger partial charge in [0.2, 0.25) is 11.8 Å². The van der Waals surface area contributed by atoms with Crippen molar-refractivity contribution in [2.24, 2.45) is 0 Å².